The van der Waals surface area contributed by atoms with Crippen LogP contribution in [0.15, 0.2) is 45.5 Å². The van der Waals surface area contributed by atoms with Gasteiger partial charge in [0.15, 0.2) is 16.3 Å². The van der Waals surface area contributed by atoms with Crippen molar-refractivity contribution in [1.82, 2.24) is 25.1 Å². The fourth-order valence-corrected chi connectivity index (χ4v) is 3.64. The number of aryl methyl sites for hydroxylation is 1. The van der Waals surface area contributed by atoms with Crippen LogP contribution in [0.3, 0.4) is 0 Å². The van der Waals surface area contributed by atoms with Gasteiger partial charge in [0, 0.05) is 18.5 Å². The Morgan fingerprint density at radius 1 is 1.23 bits per heavy atom. The van der Waals surface area contributed by atoms with E-state index < -0.39 is 0 Å². The van der Waals surface area contributed by atoms with E-state index in [0.717, 1.165) is 33.3 Å². The molecule has 0 aliphatic carbocycles. The number of carbonyl (C=O) groups is 1. The Hall–Kier alpha value is -2.52. The average Bonchev–Trinajstić information content (AvgIpc) is 3.35. The lowest BCUT2D eigenvalue weighted by molar-refractivity contribution is 0.0922. The van der Waals surface area contributed by atoms with Crippen molar-refractivity contribution in [2.24, 2.45) is 0 Å². The number of rotatable bonds is 5. The van der Waals surface area contributed by atoms with Gasteiger partial charge >= 0.3 is 0 Å². The topological polar surface area (TPSA) is 85.3 Å². The minimum absolute atomic E-state index is 0.250. The summed E-state index contributed by atoms with van der Waals surface area (Å²) in [6, 6.07) is 11.2. The Balaban J connectivity index is 1.45. The maximum absolute atomic E-state index is 12.0. The van der Waals surface area contributed by atoms with Gasteiger partial charge in [-0.05, 0) is 33.6 Å². The third kappa shape index (κ3) is 3.27. The molecule has 3 heterocycles. The number of halogens is 1. The fraction of sp³-hybridized carbons (Fsp3) is 0.176. The molecule has 0 atom stereocenters. The van der Waals surface area contributed by atoms with Gasteiger partial charge in [-0.15, -0.1) is 10.2 Å². The molecule has 0 saturated heterocycles. The van der Waals surface area contributed by atoms with Crippen molar-refractivity contribution in [3.63, 3.8) is 0 Å². The molecule has 7 nitrogen and oxygen atoms in total. The van der Waals surface area contributed by atoms with E-state index in [1.807, 2.05) is 31.2 Å². The summed E-state index contributed by atoms with van der Waals surface area (Å²) in [6.45, 7) is 2.45. The number of carbonyl (C=O) groups excluding carboxylic acids is 1. The van der Waals surface area contributed by atoms with E-state index in [4.69, 9.17) is 4.42 Å². The normalized spacial score (nSPS) is 11.2. The van der Waals surface area contributed by atoms with Crippen LogP contribution in [0.1, 0.15) is 28.9 Å². The summed E-state index contributed by atoms with van der Waals surface area (Å²) in [7, 11) is 0. The van der Waals surface area contributed by atoms with Gasteiger partial charge in [0.1, 0.15) is 5.01 Å². The summed E-state index contributed by atoms with van der Waals surface area (Å²) < 4.78 is 7.55. The molecule has 1 aromatic carbocycles. The zero-order valence-corrected chi connectivity index (χ0v) is 16.2. The maximum atomic E-state index is 12.0. The minimum atomic E-state index is -0.250. The van der Waals surface area contributed by atoms with Crippen molar-refractivity contribution in [3.05, 3.63) is 58.2 Å². The highest BCUT2D eigenvalue weighted by Crippen LogP contribution is 2.25. The largest absolute Gasteiger partial charge is 0.444 e. The number of aromatic nitrogens is 4. The number of hydrogen-bond donors (Lipinski definition) is 1. The molecule has 0 unspecified atom stereocenters. The number of benzene rings is 1. The molecule has 4 rings (SSSR count). The predicted molar refractivity (Wildman–Crippen MR) is 101 cm³/mol. The van der Waals surface area contributed by atoms with E-state index in [1.54, 1.807) is 16.6 Å². The zero-order valence-electron chi connectivity index (χ0n) is 13.8. The summed E-state index contributed by atoms with van der Waals surface area (Å²) in [5.41, 5.74) is 2.00. The van der Waals surface area contributed by atoms with Crippen molar-refractivity contribution in [2.45, 2.75) is 19.9 Å². The number of nitrogens with zero attached hydrogens (tertiary/aromatic N) is 4. The molecular weight excluding hydrogens is 418 g/mol. The molecular formula is C17H14BrN5O2S. The second-order valence-electron chi connectivity index (χ2n) is 5.55. The van der Waals surface area contributed by atoms with Crippen LogP contribution in [0, 0.1) is 0 Å². The molecule has 0 spiro atoms. The molecule has 0 fully saturated rings. The minimum Gasteiger partial charge on any atom is -0.444 e. The Morgan fingerprint density at radius 2 is 2.04 bits per heavy atom. The van der Waals surface area contributed by atoms with Gasteiger partial charge in [-0.1, -0.05) is 42.5 Å². The first-order valence-corrected chi connectivity index (χ1v) is 9.59. The van der Waals surface area contributed by atoms with Crippen molar-refractivity contribution in [2.75, 3.05) is 0 Å². The second-order valence-corrected chi connectivity index (χ2v) is 7.29. The summed E-state index contributed by atoms with van der Waals surface area (Å²) in [6.07, 6.45) is 0.787. The number of nitrogens with one attached hydrogen (secondary N) is 1. The van der Waals surface area contributed by atoms with E-state index in [9.17, 15) is 4.79 Å². The van der Waals surface area contributed by atoms with Gasteiger partial charge in [-0.2, -0.15) is 9.61 Å². The van der Waals surface area contributed by atoms with Gasteiger partial charge in [0.2, 0.25) is 4.96 Å². The Morgan fingerprint density at radius 3 is 2.73 bits per heavy atom. The molecule has 0 aliphatic heterocycles. The molecule has 0 aliphatic rings. The van der Waals surface area contributed by atoms with Crippen LogP contribution in [0.4, 0.5) is 0 Å². The average molecular weight is 432 g/mol. The molecule has 1 N–H and O–H groups in total. The smallest absolute Gasteiger partial charge is 0.287 e. The van der Waals surface area contributed by atoms with Gasteiger partial charge in [0.25, 0.3) is 5.91 Å². The summed E-state index contributed by atoms with van der Waals surface area (Å²) >= 11 is 4.69. The molecule has 1 amide bonds. The van der Waals surface area contributed by atoms with Crippen LogP contribution in [-0.4, -0.2) is 25.7 Å². The summed E-state index contributed by atoms with van der Waals surface area (Å²) in [4.78, 5) is 12.8. The molecule has 3 aromatic heterocycles. The van der Waals surface area contributed by atoms with Crippen LogP contribution < -0.4 is 5.32 Å². The predicted octanol–water partition coefficient (Wildman–Crippen LogP) is 3.70. The summed E-state index contributed by atoms with van der Waals surface area (Å²) in [5, 5.41) is 16.5. The quantitative estimate of drug-likeness (QED) is 0.520. The van der Waals surface area contributed by atoms with Crippen LogP contribution in [-0.2, 0) is 13.0 Å². The number of fused-ring (bicyclic) bond motifs is 1. The summed E-state index contributed by atoms with van der Waals surface area (Å²) in [5.74, 6) is 0.881. The van der Waals surface area contributed by atoms with Crippen molar-refractivity contribution >= 4 is 38.1 Å². The molecule has 0 saturated carbocycles. The maximum Gasteiger partial charge on any atom is 0.287 e. The molecule has 132 valence electrons. The van der Waals surface area contributed by atoms with Gasteiger partial charge < -0.3 is 9.73 Å². The van der Waals surface area contributed by atoms with E-state index in [1.165, 1.54) is 11.3 Å². The SMILES string of the molecule is CCc1nnc2sc(-c3ccc(CNC(=O)c4ccc(Br)o4)cc3)nn12. The van der Waals surface area contributed by atoms with E-state index in [-0.39, 0.29) is 11.7 Å². The van der Waals surface area contributed by atoms with Gasteiger partial charge in [0.05, 0.1) is 0 Å². The first-order chi connectivity index (χ1) is 12.6. The zero-order chi connectivity index (χ0) is 18.1. The molecule has 9 heteroatoms. The van der Waals surface area contributed by atoms with E-state index in [0.29, 0.717) is 11.2 Å². The van der Waals surface area contributed by atoms with Gasteiger partial charge in [-0.25, -0.2) is 0 Å². The number of amides is 1. The van der Waals surface area contributed by atoms with E-state index in [2.05, 4.69) is 36.5 Å². The van der Waals surface area contributed by atoms with Crippen LogP contribution in [0.25, 0.3) is 15.5 Å². The third-order valence-electron chi connectivity index (χ3n) is 3.82. The second kappa shape index (κ2) is 7.00. The van der Waals surface area contributed by atoms with Crippen LogP contribution in [0.5, 0.6) is 0 Å². The van der Waals surface area contributed by atoms with Crippen molar-refractivity contribution < 1.29 is 9.21 Å². The van der Waals surface area contributed by atoms with E-state index >= 15 is 0 Å². The Bertz CT molecular complexity index is 1070. The molecule has 0 bridgehead atoms. The highest BCUT2D eigenvalue weighted by atomic mass is 79.9. The molecule has 26 heavy (non-hydrogen) atoms. The monoisotopic (exact) mass is 431 g/mol. The number of hydrogen-bond acceptors (Lipinski definition) is 6. The van der Waals surface area contributed by atoms with Crippen LogP contribution >= 0.6 is 27.3 Å². The Labute approximate surface area is 161 Å². The van der Waals surface area contributed by atoms with Crippen molar-refractivity contribution in [3.8, 4) is 10.6 Å². The third-order valence-corrected chi connectivity index (χ3v) is 5.20. The van der Waals surface area contributed by atoms with Gasteiger partial charge in [-0.3, -0.25) is 4.79 Å². The lowest BCUT2D eigenvalue weighted by Crippen LogP contribution is -2.22. The molecule has 0 radical (unpaired) electrons. The fourth-order valence-electron chi connectivity index (χ4n) is 2.47. The first kappa shape index (κ1) is 16.9. The lowest BCUT2D eigenvalue weighted by atomic mass is 10.1. The lowest BCUT2D eigenvalue weighted by Gasteiger charge is -2.04. The highest BCUT2D eigenvalue weighted by Gasteiger charge is 2.12. The van der Waals surface area contributed by atoms with Crippen molar-refractivity contribution in [1.29, 1.82) is 0 Å². The highest BCUT2D eigenvalue weighted by molar-refractivity contribution is 9.10. The number of furan rings is 1. The Kier molecular flexibility index (Phi) is 4.56. The van der Waals surface area contributed by atoms with Crippen LogP contribution in [0.2, 0.25) is 0 Å². The molecule has 4 aromatic rings. The standard InChI is InChI=1S/C17H14BrN5O2S/c1-2-14-20-21-17-23(14)22-16(26-17)11-5-3-10(4-6-11)9-19-15(24)12-7-8-13(18)25-12/h3-8H,2,9H2,1H3,(H,19,24). The first-order valence-electron chi connectivity index (χ1n) is 7.98.